The summed E-state index contributed by atoms with van der Waals surface area (Å²) in [7, 11) is 3.25. The molecule has 0 aliphatic heterocycles. The quantitative estimate of drug-likeness (QED) is 0.884. The molecule has 0 amide bonds. The molecule has 2 aromatic rings. The third-order valence-electron chi connectivity index (χ3n) is 2.40. The van der Waals surface area contributed by atoms with E-state index in [-0.39, 0.29) is 5.75 Å². The maximum absolute atomic E-state index is 13.3. The zero-order valence-electron chi connectivity index (χ0n) is 9.66. The number of halogens is 1. The average Bonchev–Trinajstić information content (AvgIpc) is 2.78. The first-order chi connectivity index (χ1) is 8.26. The van der Waals surface area contributed by atoms with Crippen molar-refractivity contribution in [1.82, 2.24) is 10.3 Å². The standard InChI is InChI=1S/C12H13FN2O2/c1-14-6-10-12(17-7-15-10)8-3-4-9(13)11(5-8)16-2/h3-5,7,14H,6H2,1-2H3. The second-order valence-corrected chi connectivity index (χ2v) is 3.51. The van der Waals surface area contributed by atoms with Gasteiger partial charge in [-0.1, -0.05) is 0 Å². The van der Waals surface area contributed by atoms with Crippen LogP contribution in [0.15, 0.2) is 29.0 Å². The lowest BCUT2D eigenvalue weighted by molar-refractivity contribution is 0.386. The molecule has 1 aromatic heterocycles. The van der Waals surface area contributed by atoms with E-state index < -0.39 is 5.82 Å². The molecule has 0 radical (unpaired) electrons. The van der Waals surface area contributed by atoms with E-state index >= 15 is 0 Å². The van der Waals surface area contributed by atoms with Crippen molar-refractivity contribution in [1.29, 1.82) is 0 Å². The van der Waals surface area contributed by atoms with Crippen LogP contribution in [-0.4, -0.2) is 19.1 Å². The Kier molecular flexibility index (Phi) is 3.39. The molecule has 0 spiro atoms. The zero-order valence-corrected chi connectivity index (χ0v) is 9.66. The van der Waals surface area contributed by atoms with Crippen molar-refractivity contribution in [2.24, 2.45) is 0 Å². The highest BCUT2D eigenvalue weighted by atomic mass is 19.1. The van der Waals surface area contributed by atoms with Crippen LogP contribution in [0.5, 0.6) is 5.75 Å². The van der Waals surface area contributed by atoms with Gasteiger partial charge in [-0.05, 0) is 25.2 Å². The first-order valence-corrected chi connectivity index (χ1v) is 5.17. The van der Waals surface area contributed by atoms with Gasteiger partial charge in [-0.15, -0.1) is 0 Å². The predicted molar refractivity (Wildman–Crippen MR) is 61.2 cm³/mol. The van der Waals surface area contributed by atoms with E-state index in [0.29, 0.717) is 12.3 Å². The summed E-state index contributed by atoms with van der Waals surface area (Å²) in [5.74, 6) is 0.415. The minimum Gasteiger partial charge on any atom is -0.494 e. The molecule has 0 saturated heterocycles. The molecule has 2 rings (SSSR count). The Balaban J connectivity index is 2.42. The van der Waals surface area contributed by atoms with Crippen LogP contribution in [0.4, 0.5) is 4.39 Å². The molecule has 0 fully saturated rings. The minimum atomic E-state index is -0.397. The molecular weight excluding hydrogens is 223 g/mol. The molecule has 17 heavy (non-hydrogen) atoms. The van der Waals surface area contributed by atoms with Crippen molar-refractivity contribution in [2.45, 2.75) is 6.54 Å². The number of methoxy groups -OCH3 is 1. The van der Waals surface area contributed by atoms with Crippen molar-refractivity contribution in [2.75, 3.05) is 14.2 Å². The van der Waals surface area contributed by atoms with E-state index in [2.05, 4.69) is 10.3 Å². The molecule has 0 saturated carbocycles. The lowest BCUT2D eigenvalue weighted by Crippen LogP contribution is -2.06. The number of hydrogen-bond donors (Lipinski definition) is 1. The summed E-state index contributed by atoms with van der Waals surface area (Å²) in [5.41, 5.74) is 1.52. The van der Waals surface area contributed by atoms with Gasteiger partial charge in [-0.2, -0.15) is 0 Å². The minimum absolute atomic E-state index is 0.189. The van der Waals surface area contributed by atoms with Gasteiger partial charge >= 0.3 is 0 Å². The average molecular weight is 236 g/mol. The van der Waals surface area contributed by atoms with Crippen molar-refractivity contribution in [3.05, 3.63) is 36.1 Å². The zero-order chi connectivity index (χ0) is 12.3. The monoisotopic (exact) mass is 236 g/mol. The second kappa shape index (κ2) is 4.97. The van der Waals surface area contributed by atoms with Gasteiger partial charge in [-0.25, -0.2) is 9.37 Å². The van der Waals surface area contributed by atoms with Crippen LogP contribution in [0.25, 0.3) is 11.3 Å². The van der Waals surface area contributed by atoms with E-state index in [1.807, 2.05) is 7.05 Å². The number of rotatable bonds is 4. The molecule has 1 aromatic carbocycles. The van der Waals surface area contributed by atoms with Crippen LogP contribution >= 0.6 is 0 Å². The Morgan fingerprint density at radius 1 is 1.47 bits per heavy atom. The first kappa shape index (κ1) is 11.6. The summed E-state index contributed by atoms with van der Waals surface area (Å²) in [6, 6.07) is 4.58. The number of benzene rings is 1. The van der Waals surface area contributed by atoms with Crippen LogP contribution in [-0.2, 0) is 6.54 Å². The number of hydrogen-bond acceptors (Lipinski definition) is 4. The van der Waals surface area contributed by atoms with Gasteiger partial charge in [-0.3, -0.25) is 0 Å². The van der Waals surface area contributed by atoms with Crippen molar-refractivity contribution < 1.29 is 13.5 Å². The molecule has 0 atom stereocenters. The van der Waals surface area contributed by atoms with Crippen LogP contribution in [0, 0.1) is 5.82 Å². The number of ether oxygens (including phenoxy) is 1. The molecule has 1 N–H and O–H groups in total. The van der Waals surface area contributed by atoms with Crippen molar-refractivity contribution in [3.8, 4) is 17.1 Å². The van der Waals surface area contributed by atoms with E-state index in [0.717, 1.165) is 11.3 Å². The SMILES string of the molecule is CNCc1ncoc1-c1ccc(F)c(OC)c1. The Hall–Kier alpha value is -1.88. The molecule has 4 nitrogen and oxygen atoms in total. The van der Waals surface area contributed by atoms with Crippen LogP contribution in [0.1, 0.15) is 5.69 Å². The highest BCUT2D eigenvalue weighted by molar-refractivity contribution is 5.61. The first-order valence-electron chi connectivity index (χ1n) is 5.17. The third kappa shape index (κ3) is 2.29. The molecule has 0 unspecified atom stereocenters. The maximum Gasteiger partial charge on any atom is 0.181 e. The summed E-state index contributed by atoms with van der Waals surface area (Å²) in [6.45, 7) is 0.589. The summed E-state index contributed by atoms with van der Waals surface area (Å²) in [6.07, 6.45) is 1.37. The fraction of sp³-hybridized carbons (Fsp3) is 0.250. The fourth-order valence-corrected chi connectivity index (χ4v) is 1.60. The van der Waals surface area contributed by atoms with Crippen LogP contribution in [0.2, 0.25) is 0 Å². The molecule has 5 heteroatoms. The number of nitrogens with one attached hydrogen (secondary N) is 1. The van der Waals surface area contributed by atoms with Crippen molar-refractivity contribution in [3.63, 3.8) is 0 Å². The molecular formula is C12H13FN2O2. The normalized spacial score (nSPS) is 10.5. The molecule has 1 heterocycles. The Morgan fingerprint density at radius 3 is 3.00 bits per heavy atom. The second-order valence-electron chi connectivity index (χ2n) is 3.51. The largest absolute Gasteiger partial charge is 0.494 e. The van der Waals surface area contributed by atoms with Gasteiger partial charge < -0.3 is 14.5 Å². The lowest BCUT2D eigenvalue weighted by Gasteiger charge is -2.05. The Labute approximate surface area is 98.4 Å². The van der Waals surface area contributed by atoms with Gasteiger partial charge in [0.2, 0.25) is 0 Å². The number of aromatic nitrogens is 1. The van der Waals surface area contributed by atoms with E-state index in [1.54, 1.807) is 12.1 Å². The Bertz CT molecular complexity index is 511. The molecule has 0 aliphatic carbocycles. The number of oxazole rings is 1. The lowest BCUT2D eigenvalue weighted by atomic mass is 10.1. The molecule has 0 bridgehead atoms. The molecule has 90 valence electrons. The van der Waals surface area contributed by atoms with Crippen LogP contribution < -0.4 is 10.1 Å². The van der Waals surface area contributed by atoms with Crippen LogP contribution in [0.3, 0.4) is 0 Å². The van der Waals surface area contributed by atoms with E-state index in [4.69, 9.17) is 9.15 Å². The topological polar surface area (TPSA) is 47.3 Å². The third-order valence-corrected chi connectivity index (χ3v) is 2.40. The summed E-state index contributed by atoms with van der Waals surface area (Å²) in [5, 5.41) is 2.99. The highest BCUT2D eigenvalue weighted by Gasteiger charge is 2.12. The van der Waals surface area contributed by atoms with Gasteiger partial charge in [0.15, 0.2) is 23.7 Å². The Morgan fingerprint density at radius 2 is 2.29 bits per heavy atom. The predicted octanol–water partition coefficient (Wildman–Crippen LogP) is 2.21. The van der Waals surface area contributed by atoms with Gasteiger partial charge in [0, 0.05) is 12.1 Å². The van der Waals surface area contributed by atoms with Gasteiger partial charge in [0.1, 0.15) is 5.69 Å². The fourth-order valence-electron chi connectivity index (χ4n) is 1.60. The van der Waals surface area contributed by atoms with Gasteiger partial charge in [0.25, 0.3) is 0 Å². The molecule has 0 aliphatic rings. The highest BCUT2D eigenvalue weighted by Crippen LogP contribution is 2.28. The van der Waals surface area contributed by atoms with Crippen molar-refractivity contribution >= 4 is 0 Å². The summed E-state index contributed by atoms with van der Waals surface area (Å²) < 4.78 is 23.5. The summed E-state index contributed by atoms with van der Waals surface area (Å²) in [4.78, 5) is 4.10. The van der Waals surface area contributed by atoms with Gasteiger partial charge in [0.05, 0.1) is 7.11 Å². The summed E-state index contributed by atoms with van der Waals surface area (Å²) >= 11 is 0. The van der Waals surface area contributed by atoms with E-state index in [1.165, 1.54) is 19.6 Å². The van der Waals surface area contributed by atoms with E-state index in [9.17, 15) is 4.39 Å². The maximum atomic E-state index is 13.3. The number of nitrogens with zero attached hydrogens (tertiary/aromatic N) is 1. The smallest absolute Gasteiger partial charge is 0.181 e.